The van der Waals surface area contributed by atoms with Crippen LogP contribution in [0.3, 0.4) is 0 Å². The van der Waals surface area contributed by atoms with E-state index in [1.54, 1.807) is 0 Å². The Morgan fingerprint density at radius 3 is 3.11 bits per heavy atom. The van der Waals surface area contributed by atoms with E-state index in [-0.39, 0.29) is 0 Å². The molecule has 4 rings (SSSR count). The Kier molecular flexibility index (Phi) is 2.14. The van der Waals surface area contributed by atoms with Gasteiger partial charge < -0.3 is 4.57 Å². The van der Waals surface area contributed by atoms with E-state index in [9.17, 15) is 0 Å². The topological polar surface area (TPSA) is 8.17 Å². The van der Waals surface area contributed by atoms with Crippen molar-refractivity contribution >= 4 is 28.1 Å². The minimum Gasteiger partial charge on any atom is -0.345 e. The fraction of sp³-hybridized carbons (Fsp3) is 0.333. The summed E-state index contributed by atoms with van der Waals surface area (Å²) in [5.41, 5.74) is 4.13. The Balaban J connectivity index is 2.05. The van der Waals surface area contributed by atoms with E-state index in [1.807, 2.05) is 0 Å². The molecule has 2 aliphatic heterocycles. The first kappa shape index (κ1) is 10.7. The van der Waals surface area contributed by atoms with Crippen molar-refractivity contribution in [1.29, 1.82) is 0 Å². The molecule has 1 aromatic heterocycles. The summed E-state index contributed by atoms with van der Waals surface area (Å²) in [7, 11) is 2.22. The Bertz CT molecular complexity index is 668. The summed E-state index contributed by atoms with van der Waals surface area (Å²) < 4.78 is 2.37. The number of nitrogens with zero attached hydrogens (tertiary/aromatic N) is 2. The number of hydrogen-bond acceptors (Lipinski definition) is 1. The Labute approximate surface area is 111 Å². The molecular formula is C15H15ClN2. The van der Waals surface area contributed by atoms with E-state index < -0.39 is 0 Å². The number of rotatable bonds is 0. The molecule has 92 valence electrons. The van der Waals surface area contributed by atoms with Gasteiger partial charge in [0.25, 0.3) is 0 Å². The van der Waals surface area contributed by atoms with Gasteiger partial charge in [0.15, 0.2) is 0 Å². The molecule has 3 heterocycles. The molecule has 0 saturated carbocycles. The van der Waals surface area contributed by atoms with Crippen LogP contribution in [-0.4, -0.2) is 29.1 Å². The zero-order valence-corrected chi connectivity index (χ0v) is 11.1. The lowest BCUT2D eigenvalue weighted by atomic mass is 9.89. The van der Waals surface area contributed by atoms with Crippen molar-refractivity contribution in [3.63, 3.8) is 0 Å². The molecule has 18 heavy (non-hydrogen) atoms. The van der Waals surface area contributed by atoms with Crippen LogP contribution >= 0.6 is 11.6 Å². The second-order valence-electron chi connectivity index (χ2n) is 5.30. The average Bonchev–Trinajstić information content (AvgIpc) is 2.75. The molecule has 2 aromatic rings. The second-order valence-corrected chi connectivity index (χ2v) is 5.74. The molecule has 0 amide bonds. The molecule has 1 atom stereocenters. The number of hydrogen-bond donors (Lipinski definition) is 0. The van der Waals surface area contributed by atoms with Gasteiger partial charge in [-0.25, -0.2) is 0 Å². The fourth-order valence-corrected chi connectivity index (χ4v) is 3.58. The van der Waals surface area contributed by atoms with E-state index in [2.05, 4.69) is 47.0 Å². The molecule has 0 aliphatic carbocycles. The molecule has 0 fully saturated rings. The second kappa shape index (κ2) is 3.62. The normalized spacial score (nSPS) is 23.0. The Morgan fingerprint density at radius 1 is 1.33 bits per heavy atom. The first-order chi connectivity index (χ1) is 8.74. The molecule has 0 saturated heterocycles. The van der Waals surface area contributed by atoms with Gasteiger partial charge in [0.05, 0.1) is 11.6 Å². The molecule has 0 N–H and O–H groups in total. The minimum atomic E-state index is 0.500. The van der Waals surface area contributed by atoms with Gasteiger partial charge in [-0.3, -0.25) is 4.90 Å². The molecule has 2 nitrogen and oxygen atoms in total. The molecule has 0 radical (unpaired) electrons. The van der Waals surface area contributed by atoms with E-state index in [0.717, 1.165) is 24.5 Å². The van der Waals surface area contributed by atoms with Crippen molar-refractivity contribution in [3.05, 3.63) is 41.1 Å². The zero-order chi connectivity index (χ0) is 12.3. The van der Waals surface area contributed by atoms with Crippen LogP contribution in [0.1, 0.15) is 12.0 Å². The molecular weight excluding hydrogens is 244 g/mol. The summed E-state index contributed by atoms with van der Waals surface area (Å²) in [5.74, 6) is 0. The first-order valence-corrected chi connectivity index (χ1v) is 6.81. The van der Waals surface area contributed by atoms with Crippen LogP contribution in [0.15, 0.2) is 30.5 Å². The molecule has 2 aliphatic rings. The smallest absolute Gasteiger partial charge is 0.0558 e. The van der Waals surface area contributed by atoms with Crippen LogP contribution in [0.4, 0.5) is 0 Å². The SMILES string of the molecule is CN1CCC=C2c3cc(Cl)cc4ccn(c34)C[C@@H]21. The monoisotopic (exact) mass is 258 g/mol. The highest BCUT2D eigenvalue weighted by atomic mass is 35.5. The summed E-state index contributed by atoms with van der Waals surface area (Å²) in [6.45, 7) is 2.20. The maximum Gasteiger partial charge on any atom is 0.0558 e. The van der Waals surface area contributed by atoms with Gasteiger partial charge in [0.2, 0.25) is 0 Å². The number of likely N-dealkylation sites (N-methyl/N-ethyl adjacent to an activating group) is 1. The van der Waals surface area contributed by atoms with Crippen molar-refractivity contribution in [2.75, 3.05) is 13.6 Å². The van der Waals surface area contributed by atoms with E-state index in [0.29, 0.717) is 6.04 Å². The summed E-state index contributed by atoms with van der Waals surface area (Å²) in [6.07, 6.45) is 5.72. The molecule has 0 unspecified atom stereocenters. The Morgan fingerprint density at radius 2 is 2.22 bits per heavy atom. The summed E-state index contributed by atoms with van der Waals surface area (Å²) in [4.78, 5) is 2.45. The lowest BCUT2D eigenvalue weighted by Crippen LogP contribution is -2.41. The average molecular weight is 259 g/mol. The van der Waals surface area contributed by atoms with Crippen LogP contribution < -0.4 is 0 Å². The van der Waals surface area contributed by atoms with Crippen molar-refractivity contribution in [2.45, 2.75) is 19.0 Å². The third kappa shape index (κ3) is 1.33. The fourth-order valence-electron chi connectivity index (χ4n) is 3.35. The van der Waals surface area contributed by atoms with Gasteiger partial charge in [0.1, 0.15) is 0 Å². The van der Waals surface area contributed by atoms with E-state index in [4.69, 9.17) is 11.6 Å². The van der Waals surface area contributed by atoms with Crippen LogP contribution in [-0.2, 0) is 6.54 Å². The largest absolute Gasteiger partial charge is 0.345 e. The first-order valence-electron chi connectivity index (χ1n) is 6.43. The summed E-state index contributed by atoms with van der Waals surface area (Å²) >= 11 is 6.25. The van der Waals surface area contributed by atoms with E-state index >= 15 is 0 Å². The standard InChI is InChI=1S/C15H15ClN2/c1-17-5-2-3-12-13-8-11(16)7-10-4-6-18(15(10)13)9-14(12)17/h3-4,6-8,14H,2,5,9H2,1H3/t14-/m0/s1. The van der Waals surface area contributed by atoms with Gasteiger partial charge in [-0.05, 0) is 37.2 Å². The van der Waals surface area contributed by atoms with Crippen molar-refractivity contribution in [2.24, 2.45) is 0 Å². The van der Waals surface area contributed by atoms with Crippen molar-refractivity contribution < 1.29 is 0 Å². The zero-order valence-electron chi connectivity index (χ0n) is 10.4. The lowest BCUT2D eigenvalue weighted by Gasteiger charge is -2.37. The van der Waals surface area contributed by atoms with Crippen LogP contribution in [0, 0.1) is 0 Å². The Hall–Kier alpha value is -1.25. The van der Waals surface area contributed by atoms with Gasteiger partial charge >= 0.3 is 0 Å². The predicted molar refractivity (Wildman–Crippen MR) is 76.0 cm³/mol. The predicted octanol–water partition coefficient (Wildman–Crippen LogP) is 3.40. The van der Waals surface area contributed by atoms with Gasteiger partial charge in [0, 0.05) is 35.3 Å². The number of aromatic nitrogens is 1. The number of fused-ring (bicyclic) bond motifs is 2. The minimum absolute atomic E-state index is 0.500. The highest BCUT2D eigenvalue weighted by Gasteiger charge is 2.30. The third-order valence-corrected chi connectivity index (χ3v) is 4.46. The van der Waals surface area contributed by atoms with Crippen LogP contribution in [0.25, 0.3) is 16.5 Å². The van der Waals surface area contributed by atoms with Crippen LogP contribution in [0.5, 0.6) is 0 Å². The third-order valence-electron chi connectivity index (χ3n) is 4.24. The van der Waals surface area contributed by atoms with Gasteiger partial charge in [-0.15, -0.1) is 0 Å². The molecule has 0 bridgehead atoms. The summed E-state index contributed by atoms with van der Waals surface area (Å²) in [5, 5.41) is 2.09. The quantitative estimate of drug-likeness (QED) is 0.703. The molecule has 3 heteroatoms. The molecule has 0 spiro atoms. The van der Waals surface area contributed by atoms with Crippen LogP contribution in [0.2, 0.25) is 5.02 Å². The number of halogens is 1. The maximum absolute atomic E-state index is 6.25. The van der Waals surface area contributed by atoms with E-state index in [1.165, 1.54) is 22.0 Å². The maximum atomic E-state index is 6.25. The summed E-state index contributed by atoms with van der Waals surface area (Å²) in [6, 6.07) is 6.85. The van der Waals surface area contributed by atoms with Crippen molar-refractivity contribution in [3.8, 4) is 0 Å². The highest BCUT2D eigenvalue weighted by Crippen LogP contribution is 2.38. The van der Waals surface area contributed by atoms with Crippen molar-refractivity contribution in [1.82, 2.24) is 9.47 Å². The van der Waals surface area contributed by atoms with Gasteiger partial charge in [-0.2, -0.15) is 0 Å². The number of benzene rings is 1. The lowest BCUT2D eigenvalue weighted by molar-refractivity contribution is 0.260. The van der Waals surface area contributed by atoms with Gasteiger partial charge in [-0.1, -0.05) is 17.7 Å². The highest BCUT2D eigenvalue weighted by molar-refractivity contribution is 6.31. The molecule has 1 aromatic carbocycles.